The number of ketones is 1. The molecule has 4 heteroatoms. The first-order chi connectivity index (χ1) is 9.09. The maximum absolute atomic E-state index is 11.9. The van der Waals surface area contributed by atoms with Crippen LogP contribution in [0, 0.1) is 0 Å². The summed E-state index contributed by atoms with van der Waals surface area (Å²) in [6, 6.07) is 9.74. The molecule has 1 aromatic rings. The molecule has 0 aliphatic carbocycles. The van der Waals surface area contributed by atoms with E-state index in [1.165, 1.54) is 0 Å². The van der Waals surface area contributed by atoms with Gasteiger partial charge in [-0.15, -0.1) is 0 Å². The Bertz CT molecular complexity index is 510. The van der Waals surface area contributed by atoms with Crippen LogP contribution in [0.15, 0.2) is 42.0 Å². The maximum Gasteiger partial charge on any atom is 0.200 e. The van der Waals surface area contributed by atoms with Crippen molar-refractivity contribution in [2.75, 3.05) is 13.1 Å². The summed E-state index contributed by atoms with van der Waals surface area (Å²) in [7, 11) is 5.25. The zero-order chi connectivity index (χ0) is 13.8. The Labute approximate surface area is 114 Å². The second-order valence-electron chi connectivity index (χ2n) is 4.77. The van der Waals surface area contributed by atoms with Gasteiger partial charge in [-0.1, -0.05) is 42.0 Å². The first kappa shape index (κ1) is 13.6. The highest BCUT2D eigenvalue weighted by molar-refractivity contribution is 6.56. The van der Waals surface area contributed by atoms with Crippen molar-refractivity contribution in [2.24, 2.45) is 0 Å². The summed E-state index contributed by atoms with van der Waals surface area (Å²) >= 11 is 0. The van der Waals surface area contributed by atoms with Gasteiger partial charge in [0.05, 0.1) is 5.92 Å². The number of amides is 1. The number of Topliss-reactive ketones (excluding diaryl/α,β-unsaturated/α-hetero) is 1. The molecule has 0 N–H and O–H groups in total. The van der Waals surface area contributed by atoms with Crippen molar-refractivity contribution >= 4 is 19.4 Å². The lowest BCUT2D eigenvalue weighted by atomic mass is 9.84. The van der Waals surface area contributed by atoms with Gasteiger partial charge in [-0.3, -0.25) is 9.59 Å². The van der Waals surface area contributed by atoms with Gasteiger partial charge in [0.1, 0.15) is 5.78 Å². The number of carbonyl (C=O) groups excluding carboxylic acids is 2. The summed E-state index contributed by atoms with van der Waals surface area (Å²) in [6.07, 6.45) is 2.65. The average molecular weight is 253 g/mol. The molecule has 3 nitrogen and oxygen atoms in total. The largest absolute Gasteiger partial charge is 0.348 e. The van der Waals surface area contributed by atoms with E-state index in [0.717, 1.165) is 11.1 Å². The summed E-state index contributed by atoms with van der Waals surface area (Å²) in [6.45, 7) is 2.68. The Morgan fingerprint density at radius 1 is 1.26 bits per heavy atom. The number of hydrogen-bond acceptors (Lipinski definition) is 2. The molecule has 0 saturated carbocycles. The van der Waals surface area contributed by atoms with Gasteiger partial charge in [0.15, 0.2) is 5.81 Å². The zero-order valence-electron chi connectivity index (χ0n) is 11.0. The molecule has 1 atom stereocenters. The predicted molar refractivity (Wildman–Crippen MR) is 75.3 cm³/mol. The summed E-state index contributed by atoms with van der Waals surface area (Å²) in [4.78, 5) is 24.6. The van der Waals surface area contributed by atoms with Crippen molar-refractivity contribution in [3.8, 4) is 0 Å². The summed E-state index contributed by atoms with van der Waals surface area (Å²) in [5.41, 5.74) is 2.09. The third-order valence-electron chi connectivity index (χ3n) is 3.47. The van der Waals surface area contributed by atoms with Crippen molar-refractivity contribution in [1.29, 1.82) is 0 Å². The van der Waals surface area contributed by atoms with E-state index in [4.69, 9.17) is 7.85 Å². The molecule has 0 saturated heterocycles. The molecule has 0 bridgehead atoms. The zero-order valence-corrected chi connectivity index (χ0v) is 11.0. The lowest BCUT2D eigenvalue weighted by molar-refractivity contribution is -0.117. The van der Waals surface area contributed by atoms with E-state index in [1.807, 2.05) is 36.4 Å². The standard InChI is InChI=1S/C15H16BNO2/c1-11(18)14(12-5-3-2-4-6-12)13-7-9-17(10-8-13)15(16)19/h2-7,14H,8-10H2,1H3. The van der Waals surface area contributed by atoms with Gasteiger partial charge in [0.2, 0.25) is 7.85 Å². The van der Waals surface area contributed by atoms with E-state index in [9.17, 15) is 9.59 Å². The van der Waals surface area contributed by atoms with Gasteiger partial charge < -0.3 is 4.90 Å². The van der Waals surface area contributed by atoms with E-state index in [2.05, 4.69) is 0 Å². The lowest BCUT2D eigenvalue weighted by Crippen LogP contribution is -2.35. The van der Waals surface area contributed by atoms with Gasteiger partial charge >= 0.3 is 0 Å². The normalized spacial score (nSPS) is 16.7. The van der Waals surface area contributed by atoms with E-state index in [1.54, 1.807) is 11.8 Å². The first-order valence-corrected chi connectivity index (χ1v) is 6.38. The molecule has 1 amide bonds. The molecule has 2 rings (SSSR count). The Morgan fingerprint density at radius 3 is 2.42 bits per heavy atom. The Hall–Kier alpha value is -1.84. The summed E-state index contributed by atoms with van der Waals surface area (Å²) < 4.78 is 0. The SMILES string of the molecule is [B]C(=O)N1CC=C(C(C(C)=O)c2ccccc2)CC1. The Morgan fingerprint density at radius 2 is 1.95 bits per heavy atom. The highest BCUT2D eigenvalue weighted by Crippen LogP contribution is 2.29. The van der Waals surface area contributed by atoms with Crippen LogP contribution in [0.25, 0.3) is 0 Å². The number of rotatable bonds is 3. The van der Waals surface area contributed by atoms with E-state index in [-0.39, 0.29) is 11.7 Å². The quantitative estimate of drug-likeness (QED) is 0.612. The average Bonchev–Trinajstić information content (AvgIpc) is 2.40. The molecule has 1 unspecified atom stereocenters. The van der Waals surface area contributed by atoms with E-state index >= 15 is 0 Å². The molecule has 1 aliphatic heterocycles. The van der Waals surface area contributed by atoms with Crippen molar-refractivity contribution in [1.82, 2.24) is 4.90 Å². The van der Waals surface area contributed by atoms with Crippen LogP contribution in [-0.4, -0.2) is 37.4 Å². The van der Waals surface area contributed by atoms with Gasteiger partial charge in [0.25, 0.3) is 0 Å². The second-order valence-corrected chi connectivity index (χ2v) is 4.77. The van der Waals surface area contributed by atoms with Crippen molar-refractivity contribution in [3.05, 3.63) is 47.5 Å². The number of nitrogens with zero attached hydrogens (tertiary/aromatic N) is 1. The maximum atomic E-state index is 11.9. The molecule has 0 aromatic heterocycles. The highest BCUT2D eigenvalue weighted by Gasteiger charge is 2.24. The minimum Gasteiger partial charge on any atom is -0.348 e. The van der Waals surface area contributed by atoms with E-state index < -0.39 is 5.81 Å². The molecular formula is C15H16BNO2. The molecule has 96 valence electrons. The fourth-order valence-electron chi connectivity index (χ4n) is 2.50. The summed E-state index contributed by atoms with van der Waals surface area (Å²) in [5, 5.41) is 0. The van der Waals surface area contributed by atoms with Crippen LogP contribution in [0.3, 0.4) is 0 Å². The van der Waals surface area contributed by atoms with Gasteiger partial charge in [-0.25, -0.2) is 0 Å². The first-order valence-electron chi connectivity index (χ1n) is 6.38. The second kappa shape index (κ2) is 5.87. The topological polar surface area (TPSA) is 37.4 Å². The van der Waals surface area contributed by atoms with Crippen molar-refractivity contribution < 1.29 is 9.59 Å². The molecule has 19 heavy (non-hydrogen) atoms. The third-order valence-corrected chi connectivity index (χ3v) is 3.47. The Kier molecular flexibility index (Phi) is 4.20. The monoisotopic (exact) mass is 253 g/mol. The van der Waals surface area contributed by atoms with Crippen LogP contribution in [0.2, 0.25) is 0 Å². The number of carbonyl (C=O) groups is 2. The van der Waals surface area contributed by atoms with Crippen LogP contribution in [-0.2, 0) is 4.79 Å². The minimum atomic E-state index is -0.408. The predicted octanol–water partition coefficient (Wildman–Crippen LogP) is 2.28. The number of hydrogen-bond donors (Lipinski definition) is 0. The molecule has 0 spiro atoms. The van der Waals surface area contributed by atoms with E-state index in [0.29, 0.717) is 19.5 Å². The van der Waals surface area contributed by atoms with Crippen LogP contribution >= 0.6 is 0 Å². The highest BCUT2D eigenvalue weighted by atomic mass is 16.1. The Balaban J connectivity index is 2.23. The number of benzene rings is 1. The lowest BCUT2D eigenvalue weighted by Gasteiger charge is -2.29. The molecule has 1 aromatic carbocycles. The smallest absolute Gasteiger partial charge is 0.200 e. The van der Waals surface area contributed by atoms with Crippen molar-refractivity contribution in [2.45, 2.75) is 19.3 Å². The minimum absolute atomic E-state index is 0.130. The summed E-state index contributed by atoms with van der Waals surface area (Å²) in [5.74, 6) is -0.476. The van der Waals surface area contributed by atoms with Crippen LogP contribution < -0.4 is 0 Å². The van der Waals surface area contributed by atoms with Crippen LogP contribution in [0.5, 0.6) is 0 Å². The van der Waals surface area contributed by atoms with Crippen LogP contribution in [0.1, 0.15) is 24.8 Å². The van der Waals surface area contributed by atoms with Crippen LogP contribution in [0.4, 0.5) is 4.79 Å². The molecule has 1 aliphatic rings. The molecule has 0 fully saturated rings. The molecular weight excluding hydrogens is 237 g/mol. The molecule has 2 radical (unpaired) electrons. The van der Waals surface area contributed by atoms with Gasteiger partial charge in [-0.2, -0.15) is 0 Å². The van der Waals surface area contributed by atoms with Crippen molar-refractivity contribution in [3.63, 3.8) is 0 Å². The molecule has 1 heterocycles. The third kappa shape index (κ3) is 3.14. The fourth-order valence-corrected chi connectivity index (χ4v) is 2.50. The van der Waals surface area contributed by atoms with Gasteiger partial charge in [0, 0.05) is 13.1 Å². The fraction of sp³-hybridized carbons (Fsp3) is 0.333. The van der Waals surface area contributed by atoms with Gasteiger partial charge in [-0.05, 0) is 18.9 Å².